The molecule has 0 heterocycles. The van der Waals surface area contributed by atoms with E-state index in [1.54, 1.807) is 0 Å². The zero-order valence-corrected chi connectivity index (χ0v) is 11.8. The molecule has 14 heavy (non-hydrogen) atoms. The fourth-order valence-corrected chi connectivity index (χ4v) is 2.68. The van der Waals surface area contributed by atoms with Crippen molar-refractivity contribution in [3.63, 3.8) is 0 Å². The molecular weight excluding hydrogens is 212 g/mol. The predicted octanol–water partition coefficient (Wildman–Crippen LogP) is 3.88. The summed E-state index contributed by atoms with van der Waals surface area (Å²) in [6, 6.07) is 0. The summed E-state index contributed by atoms with van der Waals surface area (Å²) >= 11 is 5.79. The summed E-state index contributed by atoms with van der Waals surface area (Å²) in [5.74, 6) is 2.30. The number of hydrogen-bond donors (Lipinski definition) is 0. The minimum absolute atomic E-state index is 0.332. The monoisotopic (exact) mass is 234 g/mol. The van der Waals surface area contributed by atoms with Crippen LogP contribution in [-0.4, -0.2) is 20.8 Å². The molecule has 0 bridgehead atoms. The molecule has 2 atom stereocenters. The molecule has 0 aliphatic heterocycles. The number of hydrogen-bond acceptors (Lipinski definition) is 1. The third-order valence-electron chi connectivity index (χ3n) is 3.73. The zero-order chi connectivity index (χ0) is 11.0. The molecule has 0 aromatic heterocycles. The van der Waals surface area contributed by atoms with E-state index in [0.717, 1.165) is 24.3 Å². The highest BCUT2D eigenvalue weighted by molar-refractivity contribution is 6.74. The van der Waals surface area contributed by atoms with E-state index in [9.17, 15) is 0 Å². The number of halogens is 1. The van der Waals surface area contributed by atoms with Crippen molar-refractivity contribution in [1.82, 2.24) is 0 Å². The summed E-state index contributed by atoms with van der Waals surface area (Å²) in [6.07, 6.45) is 1.28. The fraction of sp³-hybridized carbons (Fsp3) is 1.00. The number of rotatable bonds is 4. The van der Waals surface area contributed by atoms with Crippen LogP contribution in [0.2, 0.25) is 18.1 Å². The Bertz CT molecular complexity index is 198. The Labute approximate surface area is 94.3 Å². The maximum absolute atomic E-state index is 6.13. The molecule has 0 saturated heterocycles. The second kappa shape index (κ2) is 4.15. The van der Waals surface area contributed by atoms with Crippen molar-refractivity contribution in [2.75, 3.05) is 12.5 Å². The SMILES string of the molecule is CC(C)(C)[Si](C)(C)OCC1CC1CCl. The lowest BCUT2D eigenvalue weighted by Gasteiger charge is -2.36. The predicted molar refractivity (Wildman–Crippen MR) is 65.5 cm³/mol. The molecule has 0 aromatic rings. The minimum Gasteiger partial charge on any atom is -0.417 e. The van der Waals surface area contributed by atoms with Gasteiger partial charge in [0.1, 0.15) is 0 Å². The molecule has 2 unspecified atom stereocenters. The lowest BCUT2D eigenvalue weighted by molar-refractivity contribution is 0.267. The minimum atomic E-state index is -1.51. The molecule has 1 saturated carbocycles. The zero-order valence-electron chi connectivity index (χ0n) is 10.1. The molecule has 1 aliphatic carbocycles. The quantitative estimate of drug-likeness (QED) is 0.530. The van der Waals surface area contributed by atoms with Crippen LogP contribution in [0.3, 0.4) is 0 Å². The first-order valence-electron chi connectivity index (χ1n) is 5.48. The van der Waals surface area contributed by atoms with Gasteiger partial charge in [-0.05, 0) is 36.4 Å². The summed E-state index contributed by atoms with van der Waals surface area (Å²) in [5.41, 5.74) is 0. The third-order valence-corrected chi connectivity index (χ3v) is 8.63. The fourth-order valence-electron chi connectivity index (χ4n) is 1.24. The molecule has 1 aliphatic rings. The van der Waals surface area contributed by atoms with Crippen LogP contribution in [0.1, 0.15) is 27.2 Å². The van der Waals surface area contributed by atoms with E-state index in [0.29, 0.717) is 5.04 Å². The van der Waals surface area contributed by atoms with Crippen LogP contribution in [0.15, 0.2) is 0 Å². The van der Waals surface area contributed by atoms with E-state index in [2.05, 4.69) is 33.9 Å². The molecule has 1 rings (SSSR count). The molecule has 0 amide bonds. The van der Waals surface area contributed by atoms with Gasteiger partial charge in [0.05, 0.1) is 0 Å². The largest absolute Gasteiger partial charge is 0.417 e. The highest BCUT2D eigenvalue weighted by atomic mass is 35.5. The van der Waals surface area contributed by atoms with E-state index in [1.165, 1.54) is 6.42 Å². The lowest BCUT2D eigenvalue weighted by atomic mass is 10.2. The highest BCUT2D eigenvalue weighted by Gasteiger charge is 2.41. The van der Waals surface area contributed by atoms with Crippen molar-refractivity contribution in [3.8, 4) is 0 Å². The average Bonchev–Trinajstić information content (AvgIpc) is 2.77. The first-order valence-corrected chi connectivity index (χ1v) is 8.92. The molecule has 0 aromatic carbocycles. The van der Waals surface area contributed by atoms with Gasteiger partial charge >= 0.3 is 0 Å². The van der Waals surface area contributed by atoms with Gasteiger partial charge in [0.15, 0.2) is 8.32 Å². The second-order valence-electron chi connectivity index (χ2n) is 5.98. The van der Waals surface area contributed by atoms with E-state index < -0.39 is 8.32 Å². The van der Waals surface area contributed by atoms with Crippen molar-refractivity contribution in [2.24, 2.45) is 11.8 Å². The van der Waals surface area contributed by atoms with E-state index in [1.807, 2.05) is 0 Å². The van der Waals surface area contributed by atoms with Crippen molar-refractivity contribution >= 4 is 19.9 Å². The van der Waals surface area contributed by atoms with Crippen LogP contribution >= 0.6 is 11.6 Å². The van der Waals surface area contributed by atoms with Crippen molar-refractivity contribution in [1.29, 1.82) is 0 Å². The summed E-state index contributed by atoms with van der Waals surface area (Å²) in [6.45, 7) is 12.4. The second-order valence-corrected chi connectivity index (χ2v) is 11.1. The average molecular weight is 235 g/mol. The Hall–Kier alpha value is 0.467. The van der Waals surface area contributed by atoms with Crippen LogP contribution in [0, 0.1) is 11.8 Å². The lowest BCUT2D eigenvalue weighted by Crippen LogP contribution is -2.41. The van der Waals surface area contributed by atoms with E-state index >= 15 is 0 Å². The van der Waals surface area contributed by atoms with Gasteiger partial charge in [-0.3, -0.25) is 0 Å². The highest BCUT2D eigenvalue weighted by Crippen LogP contribution is 2.42. The Kier molecular flexibility index (Phi) is 3.71. The first-order chi connectivity index (χ1) is 6.28. The summed E-state index contributed by atoms with van der Waals surface area (Å²) in [7, 11) is -1.51. The van der Waals surface area contributed by atoms with Crippen molar-refractivity contribution in [3.05, 3.63) is 0 Å². The van der Waals surface area contributed by atoms with Gasteiger partial charge in [0, 0.05) is 12.5 Å². The molecule has 0 radical (unpaired) electrons. The van der Waals surface area contributed by atoms with Gasteiger partial charge in [-0.1, -0.05) is 20.8 Å². The first kappa shape index (κ1) is 12.5. The van der Waals surface area contributed by atoms with Crippen LogP contribution in [0.5, 0.6) is 0 Å². The maximum atomic E-state index is 6.13. The summed E-state index contributed by atoms with van der Waals surface area (Å²) in [4.78, 5) is 0. The molecule has 1 fully saturated rings. The Morgan fingerprint density at radius 3 is 2.21 bits per heavy atom. The van der Waals surface area contributed by atoms with Crippen LogP contribution in [0.4, 0.5) is 0 Å². The van der Waals surface area contributed by atoms with Gasteiger partial charge in [-0.2, -0.15) is 0 Å². The smallest absolute Gasteiger partial charge is 0.191 e. The third kappa shape index (κ3) is 2.98. The molecule has 3 heteroatoms. The van der Waals surface area contributed by atoms with Crippen LogP contribution in [0.25, 0.3) is 0 Å². The molecule has 1 nitrogen and oxygen atoms in total. The van der Waals surface area contributed by atoms with Crippen LogP contribution in [-0.2, 0) is 4.43 Å². The molecule has 0 N–H and O–H groups in total. The molecule has 84 valence electrons. The topological polar surface area (TPSA) is 9.23 Å². The van der Waals surface area contributed by atoms with E-state index in [4.69, 9.17) is 16.0 Å². The van der Waals surface area contributed by atoms with Gasteiger partial charge in [-0.25, -0.2) is 0 Å². The van der Waals surface area contributed by atoms with Gasteiger partial charge in [0.2, 0.25) is 0 Å². The Morgan fingerprint density at radius 2 is 1.86 bits per heavy atom. The normalized spacial score (nSPS) is 27.9. The van der Waals surface area contributed by atoms with Gasteiger partial charge in [0.25, 0.3) is 0 Å². The van der Waals surface area contributed by atoms with E-state index in [-0.39, 0.29) is 0 Å². The maximum Gasteiger partial charge on any atom is 0.191 e. The van der Waals surface area contributed by atoms with Crippen molar-refractivity contribution < 1.29 is 4.43 Å². The van der Waals surface area contributed by atoms with Gasteiger partial charge in [-0.15, -0.1) is 11.6 Å². The summed E-state index contributed by atoms with van der Waals surface area (Å²) < 4.78 is 6.13. The summed E-state index contributed by atoms with van der Waals surface area (Å²) in [5, 5.41) is 0.332. The molecular formula is C11H23ClOSi. The molecule has 0 spiro atoms. The number of alkyl halides is 1. The van der Waals surface area contributed by atoms with Gasteiger partial charge < -0.3 is 4.43 Å². The Balaban J connectivity index is 2.31. The van der Waals surface area contributed by atoms with Crippen LogP contribution < -0.4 is 0 Å². The standard InChI is InChI=1S/C11H23ClOSi/c1-11(2,3)14(4,5)13-8-10-6-9(10)7-12/h9-10H,6-8H2,1-5H3. The Morgan fingerprint density at radius 1 is 1.29 bits per heavy atom. The van der Waals surface area contributed by atoms with Crippen molar-refractivity contribution in [2.45, 2.75) is 45.3 Å².